The fourth-order valence-electron chi connectivity index (χ4n) is 3.10. The molecule has 0 aliphatic heterocycles. The molecule has 1 nitrogen and oxygen atoms in total. The zero-order chi connectivity index (χ0) is 12.4. The van der Waals surface area contributed by atoms with E-state index in [1.807, 2.05) is 0 Å². The Morgan fingerprint density at radius 2 is 1.94 bits per heavy atom. The Labute approximate surface area is 112 Å². The Balaban J connectivity index is 1.75. The second-order valence-corrected chi connectivity index (χ2v) is 6.34. The molecule has 1 saturated carbocycles. The van der Waals surface area contributed by atoms with Crippen molar-refractivity contribution in [2.24, 2.45) is 5.92 Å². The van der Waals surface area contributed by atoms with Crippen LogP contribution in [0.3, 0.4) is 0 Å². The molecule has 1 heterocycles. The number of hydrogen-bond acceptors (Lipinski definition) is 2. The van der Waals surface area contributed by atoms with Crippen molar-refractivity contribution in [3.8, 4) is 0 Å². The molecule has 18 heavy (non-hydrogen) atoms. The van der Waals surface area contributed by atoms with Gasteiger partial charge in [-0.2, -0.15) is 0 Å². The van der Waals surface area contributed by atoms with Crippen LogP contribution >= 0.6 is 11.3 Å². The fourth-order valence-corrected chi connectivity index (χ4v) is 4.08. The summed E-state index contributed by atoms with van der Waals surface area (Å²) in [4.78, 5) is 0. The molecule has 0 radical (unpaired) electrons. The maximum absolute atomic E-state index is 10.4. The minimum Gasteiger partial charge on any atom is -0.392 e. The Bertz CT molecular complexity index is 511. The van der Waals surface area contributed by atoms with Gasteiger partial charge in [0, 0.05) is 11.1 Å². The van der Waals surface area contributed by atoms with E-state index in [2.05, 4.69) is 29.6 Å². The number of rotatable bonds is 3. The maximum Gasteiger partial charge on any atom is 0.0609 e. The molecule has 0 amide bonds. The third kappa shape index (κ3) is 2.45. The second-order valence-electron chi connectivity index (χ2n) is 5.43. The van der Waals surface area contributed by atoms with Gasteiger partial charge in [0.2, 0.25) is 0 Å². The number of thiophene rings is 1. The van der Waals surface area contributed by atoms with E-state index in [0.717, 1.165) is 6.42 Å². The van der Waals surface area contributed by atoms with Gasteiger partial charge in [-0.15, -0.1) is 11.3 Å². The van der Waals surface area contributed by atoms with Crippen LogP contribution in [0.25, 0.3) is 10.1 Å². The average Bonchev–Trinajstić information content (AvgIpc) is 2.83. The molecule has 1 aromatic heterocycles. The first-order valence-corrected chi connectivity index (χ1v) is 7.86. The Morgan fingerprint density at radius 1 is 1.17 bits per heavy atom. The van der Waals surface area contributed by atoms with Crippen molar-refractivity contribution in [1.82, 2.24) is 0 Å². The van der Waals surface area contributed by atoms with Gasteiger partial charge in [-0.3, -0.25) is 0 Å². The average molecular weight is 260 g/mol. The van der Waals surface area contributed by atoms with Crippen molar-refractivity contribution in [3.05, 3.63) is 35.2 Å². The van der Waals surface area contributed by atoms with E-state index in [9.17, 15) is 5.11 Å². The number of fused-ring (bicyclic) bond motifs is 1. The molecule has 3 rings (SSSR count). The van der Waals surface area contributed by atoms with Crippen LogP contribution in [0.1, 0.15) is 37.7 Å². The highest BCUT2D eigenvalue weighted by Gasteiger charge is 2.22. The lowest BCUT2D eigenvalue weighted by Gasteiger charge is -2.26. The smallest absolute Gasteiger partial charge is 0.0609 e. The van der Waals surface area contributed by atoms with Gasteiger partial charge in [0.15, 0.2) is 0 Å². The van der Waals surface area contributed by atoms with Gasteiger partial charge in [-0.1, -0.05) is 37.5 Å². The third-order valence-electron chi connectivity index (χ3n) is 4.18. The minimum absolute atomic E-state index is 0.150. The predicted molar refractivity (Wildman–Crippen MR) is 78.1 cm³/mol. The van der Waals surface area contributed by atoms with Crippen molar-refractivity contribution in [3.63, 3.8) is 0 Å². The first-order chi connectivity index (χ1) is 8.84. The summed E-state index contributed by atoms with van der Waals surface area (Å²) in [5.74, 6) is 0.525. The van der Waals surface area contributed by atoms with Crippen molar-refractivity contribution in [2.45, 2.75) is 44.6 Å². The van der Waals surface area contributed by atoms with Crippen molar-refractivity contribution < 1.29 is 5.11 Å². The topological polar surface area (TPSA) is 20.2 Å². The molecular weight excluding hydrogens is 240 g/mol. The van der Waals surface area contributed by atoms with Crippen LogP contribution in [-0.4, -0.2) is 11.2 Å². The molecular formula is C16H20OS. The summed E-state index contributed by atoms with van der Waals surface area (Å²) in [7, 11) is 0. The van der Waals surface area contributed by atoms with Crippen molar-refractivity contribution >= 4 is 21.4 Å². The fraction of sp³-hybridized carbons (Fsp3) is 0.500. The quantitative estimate of drug-likeness (QED) is 0.868. The summed E-state index contributed by atoms with van der Waals surface area (Å²) in [5.41, 5.74) is 1.33. The molecule has 1 aromatic carbocycles. The van der Waals surface area contributed by atoms with E-state index in [1.54, 1.807) is 11.3 Å². The summed E-state index contributed by atoms with van der Waals surface area (Å²) in [6, 6.07) is 8.51. The zero-order valence-corrected chi connectivity index (χ0v) is 11.5. The van der Waals surface area contributed by atoms with Crippen LogP contribution in [0.5, 0.6) is 0 Å². The molecule has 1 fully saturated rings. The lowest BCUT2D eigenvalue weighted by atomic mass is 9.83. The van der Waals surface area contributed by atoms with E-state index in [0.29, 0.717) is 5.92 Å². The Morgan fingerprint density at radius 3 is 2.78 bits per heavy atom. The molecule has 1 aliphatic carbocycles. The molecule has 0 bridgehead atoms. The second kappa shape index (κ2) is 5.41. The van der Waals surface area contributed by atoms with E-state index >= 15 is 0 Å². The molecule has 1 unspecified atom stereocenters. The predicted octanol–water partition coefficient (Wildman–Crippen LogP) is 4.39. The van der Waals surface area contributed by atoms with Crippen LogP contribution in [0.2, 0.25) is 0 Å². The third-order valence-corrected chi connectivity index (χ3v) is 5.20. The van der Waals surface area contributed by atoms with E-state index in [4.69, 9.17) is 0 Å². The number of hydrogen-bond donors (Lipinski definition) is 1. The maximum atomic E-state index is 10.4. The molecule has 0 saturated heterocycles. The van der Waals surface area contributed by atoms with Gasteiger partial charge in [-0.25, -0.2) is 0 Å². The van der Waals surface area contributed by atoms with E-state index < -0.39 is 0 Å². The molecule has 96 valence electrons. The monoisotopic (exact) mass is 260 g/mol. The zero-order valence-electron chi connectivity index (χ0n) is 10.6. The van der Waals surface area contributed by atoms with Gasteiger partial charge in [0.25, 0.3) is 0 Å². The van der Waals surface area contributed by atoms with Crippen LogP contribution in [0.4, 0.5) is 0 Å². The summed E-state index contributed by atoms with van der Waals surface area (Å²) >= 11 is 1.79. The van der Waals surface area contributed by atoms with Gasteiger partial charge in [0.05, 0.1) is 6.10 Å². The first-order valence-electron chi connectivity index (χ1n) is 6.98. The number of aliphatic hydroxyl groups is 1. The summed E-state index contributed by atoms with van der Waals surface area (Å²) in [6.07, 6.45) is 7.05. The molecule has 1 atom stereocenters. The first kappa shape index (κ1) is 12.2. The van der Waals surface area contributed by atoms with Gasteiger partial charge in [-0.05, 0) is 41.2 Å². The van der Waals surface area contributed by atoms with Gasteiger partial charge in [0.1, 0.15) is 0 Å². The molecule has 1 aliphatic rings. The highest BCUT2D eigenvalue weighted by Crippen LogP contribution is 2.31. The van der Waals surface area contributed by atoms with Crippen LogP contribution in [-0.2, 0) is 6.42 Å². The highest BCUT2D eigenvalue weighted by molar-refractivity contribution is 7.17. The molecule has 1 N–H and O–H groups in total. The van der Waals surface area contributed by atoms with Crippen LogP contribution in [0.15, 0.2) is 29.6 Å². The summed E-state index contributed by atoms with van der Waals surface area (Å²) < 4.78 is 1.34. The number of benzene rings is 1. The lowest BCUT2D eigenvalue weighted by molar-refractivity contribution is 0.0854. The molecule has 0 spiro atoms. The molecule has 2 heteroatoms. The lowest BCUT2D eigenvalue weighted by Crippen LogP contribution is -2.24. The highest BCUT2D eigenvalue weighted by atomic mass is 32.1. The minimum atomic E-state index is -0.150. The standard InChI is InChI=1S/C16H20OS/c17-15(12-6-2-1-3-7-12)10-13-11-18-16-9-5-4-8-14(13)16/h4-5,8-9,11-12,15,17H,1-3,6-7,10H2. The normalized spacial score (nSPS) is 19.2. The van der Waals surface area contributed by atoms with E-state index in [-0.39, 0.29) is 6.10 Å². The number of aliphatic hydroxyl groups excluding tert-OH is 1. The van der Waals surface area contributed by atoms with Gasteiger partial charge >= 0.3 is 0 Å². The van der Waals surface area contributed by atoms with Crippen molar-refractivity contribution in [2.75, 3.05) is 0 Å². The van der Waals surface area contributed by atoms with Crippen LogP contribution < -0.4 is 0 Å². The van der Waals surface area contributed by atoms with Crippen molar-refractivity contribution in [1.29, 1.82) is 0 Å². The SMILES string of the molecule is OC(Cc1csc2ccccc12)C1CCCCC1. The largest absolute Gasteiger partial charge is 0.392 e. The molecule has 2 aromatic rings. The Hall–Kier alpha value is -0.860. The van der Waals surface area contributed by atoms with E-state index in [1.165, 1.54) is 47.8 Å². The summed E-state index contributed by atoms with van der Waals surface area (Å²) in [6.45, 7) is 0. The Kier molecular flexibility index (Phi) is 3.67. The summed E-state index contributed by atoms with van der Waals surface area (Å²) in [5, 5.41) is 14.0. The van der Waals surface area contributed by atoms with Gasteiger partial charge < -0.3 is 5.11 Å². The van der Waals surface area contributed by atoms with Crippen LogP contribution in [0, 0.1) is 5.92 Å².